The van der Waals surface area contributed by atoms with Crippen LogP contribution in [-0.4, -0.2) is 17.6 Å². The molecule has 0 spiro atoms. The largest absolute Gasteiger partial charge is 0.473 e. The van der Waals surface area contributed by atoms with Gasteiger partial charge in [-0.2, -0.15) is 0 Å². The maximum atomic E-state index is 6.26. The molecule has 1 aromatic rings. The van der Waals surface area contributed by atoms with Gasteiger partial charge < -0.3 is 10.1 Å². The average molecular weight is 283 g/mol. The quantitative estimate of drug-likeness (QED) is 0.892. The summed E-state index contributed by atoms with van der Waals surface area (Å²) in [6, 6.07) is 1.94. The van der Waals surface area contributed by atoms with Crippen molar-refractivity contribution < 1.29 is 4.74 Å². The monoisotopic (exact) mass is 282 g/mol. The van der Waals surface area contributed by atoms with Gasteiger partial charge >= 0.3 is 0 Å². The number of hydrogen-bond acceptors (Lipinski definition) is 3. The van der Waals surface area contributed by atoms with Crippen LogP contribution in [0, 0.1) is 5.92 Å². The Balaban J connectivity index is 2.00. The smallest absolute Gasteiger partial charge is 0.232 e. The van der Waals surface area contributed by atoms with Crippen LogP contribution >= 0.6 is 11.6 Å². The zero-order valence-corrected chi connectivity index (χ0v) is 12.5. The highest BCUT2D eigenvalue weighted by molar-refractivity contribution is 6.31. The molecule has 1 aliphatic rings. The minimum atomic E-state index is 0.262. The standard InChI is InChI=1S/C15H23ClN2O/c1-3-17-9-12-8-13(16)15(18-10-12)19-14-7-5-4-6-11(14)2/h8,10-11,14,17H,3-7,9H2,1-2H3. The van der Waals surface area contributed by atoms with Gasteiger partial charge in [-0.15, -0.1) is 0 Å². The lowest BCUT2D eigenvalue weighted by atomic mass is 9.88. The summed E-state index contributed by atoms with van der Waals surface area (Å²) >= 11 is 6.26. The summed E-state index contributed by atoms with van der Waals surface area (Å²) in [5, 5.41) is 3.88. The molecule has 2 unspecified atom stereocenters. The molecule has 0 amide bonds. The summed E-state index contributed by atoms with van der Waals surface area (Å²) in [5.41, 5.74) is 1.09. The Bertz CT molecular complexity index is 411. The van der Waals surface area contributed by atoms with Crippen molar-refractivity contribution in [3.8, 4) is 5.88 Å². The first kappa shape index (κ1) is 14.6. The fourth-order valence-electron chi connectivity index (χ4n) is 2.52. The van der Waals surface area contributed by atoms with Crippen LogP contribution in [0.25, 0.3) is 0 Å². The molecule has 1 fully saturated rings. The van der Waals surface area contributed by atoms with Gasteiger partial charge in [0.25, 0.3) is 0 Å². The van der Waals surface area contributed by atoms with Crippen LogP contribution in [0.1, 0.15) is 45.1 Å². The number of nitrogens with one attached hydrogen (secondary N) is 1. The molecule has 1 aliphatic carbocycles. The molecule has 1 heterocycles. The Morgan fingerprint density at radius 1 is 1.42 bits per heavy atom. The second-order valence-corrected chi connectivity index (χ2v) is 5.74. The van der Waals surface area contributed by atoms with Gasteiger partial charge in [-0.05, 0) is 43.4 Å². The second-order valence-electron chi connectivity index (χ2n) is 5.33. The molecule has 1 aromatic heterocycles. The summed E-state index contributed by atoms with van der Waals surface area (Å²) in [7, 11) is 0. The number of hydrogen-bond donors (Lipinski definition) is 1. The highest BCUT2D eigenvalue weighted by Crippen LogP contribution is 2.30. The van der Waals surface area contributed by atoms with E-state index < -0.39 is 0 Å². The van der Waals surface area contributed by atoms with Crippen LogP contribution in [0.4, 0.5) is 0 Å². The molecule has 0 saturated heterocycles. The Morgan fingerprint density at radius 2 is 2.21 bits per heavy atom. The van der Waals surface area contributed by atoms with E-state index in [0.29, 0.717) is 16.8 Å². The highest BCUT2D eigenvalue weighted by Gasteiger charge is 2.24. The molecule has 0 bridgehead atoms. The lowest BCUT2D eigenvalue weighted by molar-refractivity contribution is 0.0976. The molecule has 106 valence electrons. The van der Waals surface area contributed by atoms with Crippen molar-refractivity contribution in [1.29, 1.82) is 0 Å². The van der Waals surface area contributed by atoms with E-state index in [1.54, 1.807) is 0 Å². The third kappa shape index (κ3) is 4.08. The van der Waals surface area contributed by atoms with Crippen molar-refractivity contribution in [2.45, 2.75) is 52.2 Å². The van der Waals surface area contributed by atoms with Gasteiger partial charge in [0.05, 0.1) is 0 Å². The van der Waals surface area contributed by atoms with Crippen LogP contribution in [0.3, 0.4) is 0 Å². The SMILES string of the molecule is CCNCc1cnc(OC2CCCCC2C)c(Cl)c1. The zero-order valence-electron chi connectivity index (χ0n) is 11.8. The highest BCUT2D eigenvalue weighted by atomic mass is 35.5. The lowest BCUT2D eigenvalue weighted by Gasteiger charge is -2.29. The Morgan fingerprint density at radius 3 is 2.89 bits per heavy atom. The van der Waals surface area contributed by atoms with Crippen molar-refractivity contribution in [2.75, 3.05) is 6.54 Å². The predicted molar refractivity (Wildman–Crippen MR) is 78.7 cm³/mol. The minimum Gasteiger partial charge on any atom is -0.473 e. The van der Waals surface area contributed by atoms with Gasteiger partial charge in [0.1, 0.15) is 11.1 Å². The summed E-state index contributed by atoms with van der Waals surface area (Å²) in [5.74, 6) is 1.17. The van der Waals surface area contributed by atoms with E-state index in [-0.39, 0.29) is 6.10 Å². The van der Waals surface area contributed by atoms with Gasteiger partial charge in [-0.1, -0.05) is 31.9 Å². The molecule has 0 aromatic carbocycles. The van der Waals surface area contributed by atoms with E-state index in [1.165, 1.54) is 19.3 Å². The Labute approximate surface area is 120 Å². The summed E-state index contributed by atoms with van der Waals surface area (Å²) in [6.45, 7) is 6.06. The van der Waals surface area contributed by atoms with Crippen molar-refractivity contribution in [3.05, 3.63) is 22.8 Å². The van der Waals surface area contributed by atoms with Gasteiger partial charge in [-0.3, -0.25) is 0 Å². The number of pyridine rings is 1. The van der Waals surface area contributed by atoms with E-state index in [1.807, 2.05) is 12.3 Å². The Kier molecular flexibility index (Phi) is 5.46. The van der Waals surface area contributed by atoms with Crippen molar-refractivity contribution in [3.63, 3.8) is 0 Å². The molecular formula is C15H23ClN2O. The Hall–Kier alpha value is -0.800. The van der Waals surface area contributed by atoms with E-state index in [2.05, 4.69) is 24.1 Å². The van der Waals surface area contributed by atoms with Crippen LogP contribution in [0.5, 0.6) is 5.88 Å². The van der Waals surface area contributed by atoms with Crippen LogP contribution in [0.15, 0.2) is 12.3 Å². The number of halogens is 1. The molecule has 2 rings (SSSR count). The average Bonchev–Trinajstić information content (AvgIpc) is 2.41. The van der Waals surface area contributed by atoms with E-state index in [0.717, 1.165) is 25.1 Å². The zero-order chi connectivity index (χ0) is 13.7. The molecule has 1 saturated carbocycles. The van der Waals surface area contributed by atoms with Gasteiger partial charge in [-0.25, -0.2) is 4.98 Å². The number of aromatic nitrogens is 1. The molecule has 4 heteroatoms. The summed E-state index contributed by atoms with van der Waals surface area (Å²) in [6.07, 6.45) is 7.00. The third-order valence-electron chi connectivity index (χ3n) is 3.74. The number of rotatable bonds is 5. The molecule has 0 aliphatic heterocycles. The molecule has 19 heavy (non-hydrogen) atoms. The fraction of sp³-hybridized carbons (Fsp3) is 0.667. The van der Waals surface area contributed by atoms with Crippen molar-refractivity contribution in [1.82, 2.24) is 10.3 Å². The third-order valence-corrected chi connectivity index (χ3v) is 4.01. The van der Waals surface area contributed by atoms with E-state index in [9.17, 15) is 0 Å². The second kappa shape index (κ2) is 7.11. The molecular weight excluding hydrogens is 260 g/mol. The maximum Gasteiger partial charge on any atom is 0.232 e. The van der Waals surface area contributed by atoms with Crippen molar-refractivity contribution in [2.24, 2.45) is 5.92 Å². The number of ether oxygens (including phenoxy) is 1. The van der Waals surface area contributed by atoms with Gasteiger partial charge in [0.15, 0.2) is 0 Å². The van der Waals surface area contributed by atoms with Gasteiger partial charge in [0, 0.05) is 12.7 Å². The van der Waals surface area contributed by atoms with Crippen LogP contribution in [0.2, 0.25) is 5.02 Å². The fourth-order valence-corrected chi connectivity index (χ4v) is 2.75. The predicted octanol–water partition coefficient (Wildman–Crippen LogP) is 3.80. The normalized spacial score (nSPS) is 23.3. The molecule has 2 atom stereocenters. The lowest BCUT2D eigenvalue weighted by Crippen LogP contribution is -2.28. The summed E-state index contributed by atoms with van der Waals surface area (Å²) < 4.78 is 5.99. The first-order valence-electron chi connectivity index (χ1n) is 7.22. The van der Waals surface area contributed by atoms with E-state index in [4.69, 9.17) is 16.3 Å². The first-order valence-corrected chi connectivity index (χ1v) is 7.60. The molecule has 0 radical (unpaired) electrons. The van der Waals surface area contributed by atoms with Crippen LogP contribution in [-0.2, 0) is 6.54 Å². The maximum absolute atomic E-state index is 6.26. The summed E-state index contributed by atoms with van der Waals surface area (Å²) in [4.78, 5) is 4.37. The molecule has 3 nitrogen and oxygen atoms in total. The van der Waals surface area contributed by atoms with Crippen molar-refractivity contribution >= 4 is 11.6 Å². The number of nitrogens with zero attached hydrogens (tertiary/aromatic N) is 1. The molecule has 1 N–H and O–H groups in total. The van der Waals surface area contributed by atoms with Crippen LogP contribution < -0.4 is 10.1 Å². The van der Waals surface area contributed by atoms with Gasteiger partial charge in [0.2, 0.25) is 5.88 Å². The van der Waals surface area contributed by atoms with E-state index >= 15 is 0 Å². The minimum absolute atomic E-state index is 0.262. The topological polar surface area (TPSA) is 34.2 Å². The first-order chi connectivity index (χ1) is 9.20.